The van der Waals surface area contributed by atoms with Gasteiger partial charge < -0.3 is 0 Å². The van der Waals surface area contributed by atoms with Crippen LogP contribution in [0.5, 0.6) is 0 Å². The zero-order chi connectivity index (χ0) is 16.1. The van der Waals surface area contributed by atoms with Gasteiger partial charge in [-0.3, -0.25) is 4.79 Å². The van der Waals surface area contributed by atoms with Crippen molar-refractivity contribution in [2.45, 2.75) is 37.5 Å². The van der Waals surface area contributed by atoms with Crippen LogP contribution in [-0.4, -0.2) is 5.78 Å². The molecule has 0 amide bonds. The first kappa shape index (κ1) is 14.5. The molecule has 0 saturated heterocycles. The van der Waals surface area contributed by atoms with E-state index in [1.165, 1.54) is 37.7 Å². The van der Waals surface area contributed by atoms with Crippen molar-refractivity contribution in [1.82, 2.24) is 0 Å². The lowest BCUT2D eigenvalue weighted by atomic mass is 9.42. The zero-order valence-electron chi connectivity index (χ0n) is 14.0. The third-order valence-corrected chi connectivity index (χ3v) is 7.09. The predicted molar refractivity (Wildman–Crippen MR) is 95.9 cm³/mol. The first-order valence-electron chi connectivity index (χ1n) is 9.44. The van der Waals surface area contributed by atoms with Crippen LogP contribution in [0.1, 0.15) is 48.0 Å². The van der Waals surface area contributed by atoms with Crippen molar-refractivity contribution in [2.75, 3.05) is 0 Å². The number of ketones is 1. The molecule has 0 unspecified atom stereocenters. The van der Waals surface area contributed by atoms with E-state index in [9.17, 15) is 4.79 Å². The maximum absolute atomic E-state index is 13.9. The van der Waals surface area contributed by atoms with Gasteiger partial charge in [0.1, 0.15) is 0 Å². The summed E-state index contributed by atoms with van der Waals surface area (Å²) in [4.78, 5) is 13.9. The molecule has 1 heteroatoms. The van der Waals surface area contributed by atoms with Crippen LogP contribution in [0.4, 0.5) is 0 Å². The van der Waals surface area contributed by atoms with Crippen molar-refractivity contribution in [1.29, 1.82) is 0 Å². The van der Waals surface area contributed by atoms with Gasteiger partial charge in [0, 0.05) is 5.56 Å². The van der Waals surface area contributed by atoms with E-state index in [0.717, 1.165) is 17.4 Å². The lowest BCUT2D eigenvalue weighted by molar-refractivity contribution is -0.0458. The number of benzene rings is 2. The first-order valence-corrected chi connectivity index (χ1v) is 9.44. The fourth-order valence-electron chi connectivity index (χ4n) is 6.44. The topological polar surface area (TPSA) is 17.1 Å². The second-order valence-electron chi connectivity index (χ2n) is 8.23. The quantitative estimate of drug-likeness (QED) is 0.706. The van der Waals surface area contributed by atoms with Crippen LogP contribution in [0.25, 0.3) is 0 Å². The highest BCUT2D eigenvalue weighted by Gasteiger charge is 2.61. The van der Waals surface area contributed by atoms with Crippen molar-refractivity contribution < 1.29 is 4.79 Å². The lowest BCUT2D eigenvalue weighted by Crippen LogP contribution is -2.59. The summed E-state index contributed by atoms with van der Waals surface area (Å²) in [6, 6.07) is 20.7. The number of rotatable bonds is 3. The van der Waals surface area contributed by atoms with Crippen LogP contribution in [0.3, 0.4) is 0 Å². The van der Waals surface area contributed by atoms with E-state index < -0.39 is 0 Å². The third-order valence-electron chi connectivity index (χ3n) is 7.09. The summed E-state index contributed by atoms with van der Waals surface area (Å²) in [5.41, 5.74) is 1.89. The van der Waals surface area contributed by atoms with E-state index in [2.05, 4.69) is 30.3 Å². The summed E-state index contributed by atoms with van der Waals surface area (Å²) in [6.07, 6.45) is 6.42. The maximum Gasteiger partial charge on any atom is 0.173 e. The van der Waals surface area contributed by atoms with Gasteiger partial charge in [0.2, 0.25) is 0 Å². The Balaban J connectivity index is 1.69. The molecule has 0 atom stereocenters. The Morgan fingerprint density at radius 1 is 0.708 bits per heavy atom. The van der Waals surface area contributed by atoms with Crippen LogP contribution in [0.15, 0.2) is 60.7 Å². The maximum atomic E-state index is 13.9. The summed E-state index contributed by atoms with van der Waals surface area (Å²) in [6.45, 7) is 0. The van der Waals surface area contributed by atoms with Crippen molar-refractivity contribution in [3.05, 3.63) is 71.8 Å². The molecule has 4 bridgehead atoms. The SMILES string of the molecule is O=C(c1ccccc1)C1(c2ccccc2)C2CC3CC(C2)CC1C3. The summed E-state index contributed by atoms with van der Waals surface area (Å²) < 4.78 is 0. The predicted octanol–water partition coefficient (Wildman–Crippen LogP) is 5.26. The smallest absolute Gasteiger partial charge is 0.173 e. The van der Waals surface area contributed by atoms with Crippen molar-refractivity contribution in [3.63, 3.8) is 0 Å². The van der Waals surface area contributed by atoms with Crippen LogP contribution < -0.4 is 0 Å². The van der Waals surface area contributed by atoms with Crippen LogP contribution in [0, 0.1) is 23.7 Å². The minimum Gasteiger partial charge on any atom is -0.293 e. The summed E-state index contributed by atoms with van der Waals surface area (Å²) >= 11 is 0. The molecule has 0 N–H and O–H groups in total. The van der Waals surface area contributed by atoms with E-state index in [1.807, 2.05) is 30.3 Å². The highest BCUT2D eigenvalue weighted by atomic mass is 16.1. The minimum absolute atomic E-state index is 0.282. The molecule has 6 rings (SSSR count). The Kier molecular flexibility index (Phi) is 3.20. The molecule has 0 spiro atoms. The molecular weight excluding hydrogens is 292 g/mol. The Bertz CT molecular complexity index is 718. The number of hydrogen-bond donors (Lipinski definition) is 0. The zero-order valence-corrected chi connectivity index (χ0v) is 14.0. The molecule has 4 aliphatic rings. The van der Waals surface area contributed by atoms with Gasteiger partial charge in [-0.2, -0.15) is 0 Å². The average Bonchev–Trinajstić information content (AvgIpc) is 2.63. The van der Waals surface area contributed by atoms with Crippen LogP contribution >= 0.6 is 0 Å². The molecule has 122 valence electrons. The van der Waals surface area contributed by atoms with E-state index in [-0.39, 0.29) is 5.41 Å². The lowest BCUT2D eigenvalue weighted by Gasteiger charge is -2.60. The molecular formula is C23H24O. The second-order valence-corrected chi connectivity index (χ2v) is 8.23. The van der Waals surface area contributed by atoms with Gasteiger partial charge in [-0.05, 0) is 61.3 Å². The number of hydrogen-bond acceptors (Lipinski definition) is 1. The van der Waals surface area contributed by atoms with Crippen molar-refractivity contribution in [2.24, 2.45) is 23.7 Å². The van der Waals surface area contributed by atoms with Crippen LogP contribution in [0.2, 0.25) is 0 Å². The standard InChI is InChI=1S/C23H24O/c24-22(18-7-3-1-4-8-18)23(19-9-5-2-6-10-19)20-12-16-11-17(14-20)15-21(23)13-16/h1-10,16-17,20-21H,11-15H2. The van der Waals surface area contributed by atoms with E-state index in [1.54, 1.807) is 0 Å². The third kappa shape index (κ3) is 1.90. The van der Waals surface area contributed by atoms with E-state index in [0.29, 0.717) is 17.6 Å². The highest BCUT2D eigenvalue weighted by molar-refractivity contribution is 6.05. The molecule has 0 aliphatic heterocycles. The first-order chi connectivity index (χ1) is 11.8. The van der Waals surface area contributed by atoms with Gasteiger partial charge in [-0.15, -0.1) is 0 Å². The molecule has 0 heterocycles. The summed E-state index contributed by atoms with van der Waals surface area (Å²) in [5.74, 6) is 3.18. The molecule has 4 saturated carbocycles. The van der Waals surface area contributed by atoms with Gasteiger partial charge in [0.15, 0.2) is 5.78 Å². The monoisotopic (exact) mass is 316 g/mol. The number of carbonyl (C=O) groups is 1. The molecule has 24 heavy (non-hydrogen) atoms. The minimum atomic E-state index is -0.282. The summed E-state index contributed by atoms with van der Waals surface area (Å²) in [7, 11) is 0. The number of carbonyl (C=O) groups excluding carboxylic acids is 1. The summed E-state index contributed by atoms with van der Waals surface area (Å²) in [5, 5.41) is 0. The Labute approximate surface area is 144 Å². The second kappa shape index (κ2) is 5.31. The molecule has 1 nitrogen and oxygen atoms in total. The molecule has 0 radical (unpaired) electrons. The number of Topliss-reactive ketones (excluding diaryl/α,β-unsaturated/α-hetero) is 1. The van der Waals surface area contributed by atoms with Crippen LogP contribution in [-0.2, 0) is 5.41 Å². The fourth-order valence-corrected chi connectivity index (χ4v) is 6.44. The average molecular weight is 316 g/mol. The van der Waals surface area contributed by atoms with Gasteiger partial charge in [0.05, 0.1) is 5.41 Å². The molecule has 4 fully saturated rings. The Morgan fingerprint density at radius 3 is 1.75 bits per heavy atom. The molecule has 0 aromatic heterocycles. The molecule has 4 aliphatic carbocycles. The molecule has 2 aromatic carbocycles. The normalized spacial score (nSPS) is 36.7. The largest absolute Gasteiger partial charge is 0.293 e. The molecule has 2 aromatic rings. The Hall–Kier alpha value is -1.89. The highest BCUT2D eigenvalue weighted by Crippen LogP contribution is 2.63. The van der Waals surface area contributed by atoms with Gasteiger partial charge in [-0.25, -0.2) is 0 Å². The Morgan fingerprint density at radius 2 is 1.21 bits per heavy atom. The fraction of sp³-hybridized carbons (Fsp3) is 0.435. The van der Waals surface area contributed by atoms with Crippen molar-refractivity contribution in [3.8, 4) is 0 Å². The van der Waals surface area contributed by atoms with Gasteiger partial charge >= 0.3 is 0 Å². The van der Waals surface area contributed by atoms with E-state index in [4.69, 9.17) is 0 Å². The van der Waals surface area contributed by atoms with Gasteiger partial charge in [0.25, 0.3) is 0 Å². The van der Waals surface area contributed by atoms with Crippen molar-refractivity contribution >= 4 is 5.78 Å². The van der Waals surface area contributed by atoms with E-state index >= 15 is 0 Å². The van der Waals surface area contributed by atoms with Gasteiger partial charge in [-0.1, -0.05) is 60.7 Å².